The highest BCUT2D eigenvalue weighted by Gasteiger charge is 2.20. The molecule has 88 valence electrons. The van der Waals surface area contributed by atoms with Gasteiger partial charge in [0.1, 0.15) is 0 Å². The quantitative estimate of drug-likeness (QED) is 0.695. The Kier molecular flexibility index (Phi) is 4.38. The van der Waals surface area contributed by atoms with E-state index in [4.69, 9.17) is 0 Å². The Morgan fingerprint density at radius 1 is 0.824 bits per heavy atom. The van der Waals surface area contributed by atoms with Crippen LogP contribution in [0.1, 0.15) is 30.4 Å². The van der Waals surface area contributed by atoms with E-state index >= 15 is 0 Å². The molecule has 0 aliphatic carbocycles. The zero-order valence-electron chi connectivity index (χ0n) is 10.0. The maximum absolute atomic E-state index is 3.82. The second-order valence-corrected chi connectivity index (χ2v) is 5.40. The number of hydrogen-bond acceptors (Lipinski definition) is 0. The number of alkyl halides is 1. The van der Waals surface area contributed by atoms with Gasteiger partial charge in [-0.05, 0) is 17.5 Å². The lowest BCUT2D eigenvalue weighted by atomic mass is 9.88. The van der Waals surface area contributed by atoms with E-state index in [0.717, 1.165) is 6.42 Å². The molecule has 0 radical (unpaired) electrons. The van der Waals surface area contributed by atoms with Gasteiger partial charge in [-0.1, -0.05) is 83.5 Å². The Labute approximate surface area is 112 Å². The summed E-state index contributed by atoms with van der Waals surface area (Å²) >= 11 is 3.82. The summed E-state index contributed by atoms with van der Waals surface area (Å²) in [6.45, 7) is 2.22. The summed E-state index contributed by atoms with van der Waals surface area (Å²) in [6.07, 6.45) is 1.12. The zero-order chi connectivity index (χ0) is 12.1. The molecule has 0 N–H and O–H groups in total. The number of benzene rings is 2. The molecule has 0 bridgehead atoms. The first-order valence-corrected chi connectivity index (χ1v) is 6.98. The van der Waals surface area contributed by atoms with Crippen molar-refractivity contribution >= 4 is 15.9 Å². The molecule has 1 unspecified atom stereocenters. The Morgan fingerprint density at radius 2 is 1.24 bits per heavy atom. The van der Waals surface area contributed by atoms with Gasteiger partial charge < -0.3 is 0 Å². The van der Waals surface area contributed by atoms with E-state index in [1.165, 1.54) is 11.1 Å². The van der Waals surface area contributed by atoms with Crippen LogP contribution >= 0.6 is 15.9 Å². The number of rotatable bonds is 4. The minimum Gasteiger partial charge on any atom is -0.0880 e. The fourth-order valence-corrected chi connectivity index (χ4v) is 2.78. The van der Waals surface area contributed by atoms with Crippen LogP contribution in [0.15, 0.2) is 60.7 Å². The van der Waals surface area contributed by atoms with Gasteiger partial charge in [-0.2, -0.15) is 0 Å². The van der Waals surface area contributed by atoms with E-state index in [1.54, 1.807) is 0 Å². The highest BCUT2D eigenvalue weighted by Crippen LogP contribution is 2.33. The number of hydrogen-bond donors (Lipinski definition) is 0. The fourth-order valence-electron chi connectivity index (χ4n) is 2.17. The summed E-state index contributed by atoms with van der Waals surface area (Å²) in [4.78, 5) is 0.479. The summed E-state index contributed by atoms with van der Waals surface area (Å²) in [6, 6.07) is 21.4. The molecule has 0 aromatic heterocycles. The first kappa shape index (κ1) is 12.4. The Balaban J connectivity index is 2.39. The minimum atomic E-state index is 0.433. The minimum absolute atomic E-state index is 0.433. The van der Waals surface area contributed by atoms with Gasteiger partial charge in [0, 0.05) is 10.7 Å². The predicted octanol–water partition coefficient (Wildman–Crippen LogP) is 4.99. The molecule has 2 aromatic rings. The van der Waals surface area contributed by atoms with E-state index in [-0.39, 0.29) is 0 Å². The van der Waals surface area contributed by atoms with Crippen molar-refractivity contribution in [1.29, 1.82) is 0 Å². The SMILES string of the molecule is CCC(Br)C(c1ccccc1)c1ccccc1. The predicted molar refractivity (Wildman–Crippen MR) is 77.7 cm³/mol. The van der Waals surface area contributed by atoms with Crippen molar-refractivity contribution in [2.24, 2.45) is 0 Å². The van der Waals surface area contributed by atoms with Crippen molar-refractivity contribution in [3.8, 4) is 0 Å². The van der Waals surface area contributed by atoms with Crippen LogP contribution in [0.2, 0.25) is 0 Å². The molecular weight excluding hydrogens is 272 g/mol. The third-order valence-corrected chi connectivity index (χ3v) is 4.25. The monoisotopic (exact) mass is 288 g/mol. The van der Waals surface area contributed by atoms with E-state index in [9.17, 15) is 0 Å². The molecule has 0 aliphatic rings. The molecule has 0 fully saturated rings. The summed E-state index contributed by atoms with van der Waals surface area (Å²) in [7, 11) is 0. The third-order valence-electron chi connectivity index (χ3n) is 3.07. The molecule has 2 aromatic carbocycles. The lowest BCUT2D eigenvalue weighted by Crippen LogP contribution is -2.13. The van der Waals surface area contributed by atoms with Gasteiger partial charge in [0.15, 0.2) is 0 Å². The third kappa shape index (κ3) is 2.98. The van der Waals surface area contributed by atoms with Crippen molar-refractivity contribution < 1.29 is 0 Å². The molecule has 1 atom stereocenters. The smallest absolute Gasteiger partial charge is 0.0252 e. The largest absolute Gasteiger partial charge is 0.0880 e. The Hall–Kier alpha value is -1.08. The Morgan fingerprint density at radius 3 is 1.59 bits per heavy atom. The summed E-state index contributed by atoms with van der Waals surface area (Å²) in [5.74, 6) is 0.433. The molecule has 0 heterocycles. The second kappa shape index (κ2) is 6.02. The number of halogens is 1. The van der Waals surface area contributed by atoms with Gasteiger partial charge >= 0.3 is 0 Å². The normalized spacial score (nSPS) is 12.6. The molecule has 0 saturated heterocycles. The van der Waals surface area contributed by atoms with Gasteiger partial charge in [0.2, 0.25) is 0 Å². The van der Waals surface area contributed by atoms with Crippen molar-refractivity contribution in [3.05, 3.63) is 71.8 Å². The summed E-state index contributed by atoms with van der Waals surface area (Å²) in [5, 5.41) is 0. The van der Waals surface area contributed by atoms with Crippen LogP contribution in [0, 0.1) is 0 Å². The van der Waals surface area contributed by atoms with Crippen molar-refractivity contribution in [2.75, 3.05) is 0 Å². The fraction of sp³-hybridized carbons (Fsp3) is 0.250. The van der Waals surface area contributed by atoms with Crippen molar-refractivity contribution in [2.45, 2.75) is 24.1 Å². The summed E-state index contributed by atoms with van der Waals surface area (Å²) < 4.78 is 0. The van der Waals surface area contributed by atoms with Gasteiger partial charge in [-0.15, -0.1) is 0 Å². The van der Waals surface area contributed by atoms with Crippen LogP contribution in [0.4, 0.5) is 0 Å². The van der Waals surface area contributed by atoms with Gasteiger partial charge in [0.05, 0.1) is 0 Å². The van der Waals surface area contributed by atoms with Gasteiger partial charge in [0.25, 0.3) is 0 Å². The van der Waals surface area contributed by atoms with E-state index < -0.39 is 0 Å². The molecule has 0 aliphatic heterocycles. The molecule has 1 heteroatoms. The maximum Gasteiger partial charge on any atom is 0.0252 e. The van der Waals surface area contributed by atoms with Crippen LogP contribution in [-0.2, 0) is 0 Å². The lowest BCUT2D eigenvalue weighted by Gasteiger charge is -2.22. The van der Waals surface area contributed by atoms with Crippen LogP contribution in [0.3, 0.4) is 0 Å². The molecule has 0 amide bonds. The van der Waals surface area contributed by atoms with Crippen LogP contribution in [-0.4, -0.2) is 4.83 Å². The van der Waals surface area contributed by atoms with Crippen molar-refractivity contribution in [3.63, 3.8) is 0 Å². The Bertz CT molecular complexity index is 396. The van der Waals surface area contributed by atoms with E-state index in [0.29, 0.717) is 10.7 Å². The highest BCUT2D eigenvalue weighted by atomic mass is 79.9. The molecular formula is C16H17Br. The van der Waals surface area contributed by atoms with E-state index in [2.05, 4.69) is 83.5 Å². The summed E-state index contributed by atoms with van der Waals surface area (Å²) in [5.41, 5.74) is 2.75. The highest BCUT2D eigenvalue weighted by molar-refractivity contribution is 9.09. The first-order valence-electron chi connectivity index (χ1n) is 6.07. The van der Waals surface area contributed by atoms with Crippen LogP contribution < -0.4 is 0 Å². The first-order chi connectivity index (χ1) is 8.33. The second-order valence-electron chi connectivity index (χ2n) is 4.22. The van der Waals surface area contributed by atoms with Crippen molar-refractivity contribution in [1.82, 2.24) is 0 Å². The van der Waals surface area contributed by atoms with Gasteiger partial charge in [-0.25, -0.2) is 0 Å². The average Bonchev–Trinajstić information content (AvgIpc) is 2.41. The molecule has 0 nitrogen and oxygen atoms in total. The van der Waals surface area contributed by atoms with Gasteiger partial charge in [-0.3, -0.25) is 0 Å². The maximum atomic E-state index is 3.82. The lowest BCUT2D eigenvalue weighted by molar-refractivity contribution is 0.729. The van der Waals surface area contributed by atoms with Crippen LogP contribution in [0.5, 0.6) is 0 Å². The molecule has 0 spiro atoms. The molecule has 2 rings (SSSR count). The topological polar surface area (TPSA) is 0 Å². The molecule has 17 heavy (non-hydrogen) atoms. The average molecular weight is 289 g/mol. The zero-order valence-corrected chi connectivity index (χ0v) is 11.6. The standard InChI is InChI=1S/C16H17Br/c1-2-15(17)16(13-9-5-3-6-10-13)14-11-7-4-8-12-14/h3-12,15-16H,2H2,1H3. The van der Waals surface area contributed by atoms with Crippen LogP contribution in [0.25, 0.3) is 0 Å². The molecule has 0 saturated carbocycles. The van der Waals surface area contributed by atoms with E-state index in [1.807, 2.05) is 0 Å².